The average molecular weight is 369 g/mol. The highest BCUT2D eigenvalue weighted by molar-refractivity contribution is 9.10. The summed E-state index contributed by atoms with van der Waals surface area (Å²) in [6.45, 7) is 0. The van der Waals surface area contributed by atoms with Gasteiger partial charge in [0.15, 0.2) is 0 Å². The minimum Gasteiger partial charge on any atom is -0.322 e. The lowest BCUT2D eigenvalue weighted by Crippen LogP contribution is -2.12. The summed E-state index contributed by atoms with van der Waals surface area (Å²) in [6, 6.07) is 15.1. The third-order valence-corrected chi connectivity index (χ3v) is 3.80. The summed E-state index contributed by atoms with van der Waals surface area (Å²) in [6.07, 6.45) is 0. The van der Waals surface area contributed by atoms with Crippen molar-refractivity contribution in [3.05, 3.63) is 64.1 Å². The standard InChI is InChI=1S/C14H11Br2NO/c15-9-10-4-3-5-11(8-10)17-14(18)12-6-1-2-7-13(12)16/h1-8H,9H2,(H,17,18). The Bertz CT molecular complexity index is 569. The number of anilines is 1. The number of rotatable bonds is 3. The monoisotopic (exact) mass is 367 g/mol. The van der Waals surface area contributed by atoms with E-state index in [1.54, 1.807) is 6.07 Å². The molecule has 0 atom stereocenters. The molecule has 1 amide bonds. The molecule has 0 saturated carbocycles. The van der Waals surface area contributed by atoms with Gasteiger partial charge < -0.3 is 5.32 Å². The lowest BCUT2D eigenvalue weighted by atomic mass is 10.2. The molecule has 0 aromatic heterocycles. The van der Waals surface area contributed by atoms with Crippen molar-refractivity contribution in [3.63, 3.8) is 0 Å². The maximum atomic E-state index is 12.1. The first-order valence-electron chi connectivity index (χ1n) is 5.41. The smallest absolute Gasteiger partial charge is 0.256 e. The van der Waals surface area contributed by atoms with Crippen molar-refractivity contribution in [1.82, 2.24) is 0 Å². The van der Waals surface area contributed by atoms with E-state index in [2.05, 4.69) is 37.2 Å². The fourth-order valence-electron chi connectivity index (χ4n) is 1.58. The first-order chi connectivity index (χ1) is 8.70. The maximum absolute atomic E-state index is 12.1. The lowest BCUT2D eigenvalue weighted by Gasteiger charge is -2.07. The van der Waals surface area contributed by atoms with Gasteiger partial charge in [-0.15, -0.1) is 0 Å². The van der Waals surface area contributed by atoms with Crippen molar-refractivity contribution in [2.75, 3.05) is 5.32 Å². The van der Waals surface area contributed by atoms with E-state index in [0.29, 0.717) is 5.56 Å². The first kappa shape index (κ1) is 13.3. The van der Waals surface area contributed by atoms with E-state index in [1.165, 1.54) is 0 Å². The molecule has 2 aromatic rings. The van der Waals surface area contributed by atoms with E-state index in [9.17, 15) is 4.79 Å². The van der Waals surface area contributed by atoms with Gasteiger partial charge in [-0.05, 0) is 45.8 Å². The molecule has 18 heavy (non-hydrogen) atoms. The Kier molecular flexibility index (Phi) is 4.55. The van der Waals surface area contributed by atoms with E-state index >= 15 is 0 Å². The van der Waals surface area contributed by atoms with E-state index in [4.69, 9.17) is 0 Å². The van der Waals surface area contributed by atoms with Gasteiger partial charge in [-0.2, -0.15) is 0 Å². The fourth-order valence-corrected chi connectivity index (χ4v) is 2.39. The van der Waals surface area contributed by atoms with Crippen molar-refractivity contribution in [1.29, 1.82) is 0 Å². The Hall–Kier alpha value is -1.13. The van der Waals surface area contributed by atoms with Crippen LogP contribution in [0.1, 0.15) is 15.9 Å². The van der Waals surface area contributed by atoms with Gasteiger partial charge in [0.05, 0.1) is 5.56 Å². The normalized spacial score (nSPS) is 10.1. The van der Waals surface area contributed by atoms with Crippen LogP contribution >= 0.6 is 31.9 Å². The number of benzene rings is 2. The highest BCUT2D eigenvalue weighted by Crippen LogP contribution is 2.19. The van der Waals surface area contributed by atoms with Gasteiger partial charge in [0, 0.05) is 15.5 Å². The minimum atomic E-state index is -0.116. The SMILES string of the molecule is O=C(Nc1cccc(CBr)c1)c1ccccc1Br. The molecule has 1 N–H and O–H groups in total. The molecule has 2 nitrogen and oxygen atoms in total. The number of hydrogen-bond acceptors (Lipinski definition) is 1. The molecule has 4 heteroatoms. The molecule has 0 unspecified atom stereocenters. The average Bonchev–Trinajstić information content (AvgIpc) is 2.39. The maximum Gasteiger partial charge on any atom is 0.256 e. The molecule has 92 valence electrons. The van der Waals surface area contributed by atoms with Crippen LogP contribution in [0, 0.1) is 0 Å². The molecule has 0 aliphatic rings. The molecular weight excluding hydrogens is 358 g/mol. The highest BCUT2D eigenvalue weighted by Gasteiger charge is 2.09. The Morgan fingerprint density at radius 2 is 1.89 bits per heavy atom. The first-order valence-corrected chi connectivity index (χ1v) is 7.33. The van der Waals surface area contributed by atoms with Crippen LogP contribution in [0.25, 0.3) is 0 Å². The number of amides is 1. The predicted octanol–water partition coefficient (Wildman–Crippen LogP) is 4.60. The summed E-state index contributed by atoms with van der Waals surface area (Å²) < 4.78 is 0.791. The highest BCUT2D eigenvalue weighted by atomic mass is 79.9. The number of halogens is 2. The summed E-state index contributed by atoms with van der Waals surface area (Å²) in [7, 11) is 0. The van der Waals surface area contributed by atoms with Crippen molar-refractivity contribution in [3.8, 4) is 0 Å². The van der Waals surface area contributed by atoms with E-state index in [0.717, 1.165) is 21.1 Å². The molecule has 0 saturated heterocycles. The summed E-state index contributed by atoms with van der Waals surface area (Å²) in [4.78, 5) is 12.1. The van der Waals surface area contributed by atoms with Gasteiger partial charge in [-0.25, -0.2) is 0 Å². The largest absolute Gasteiger partial charge is 0.322 e. The second-order valence-electron chi connectivity index (χ2n) is 3.77. The second kappa shape index (κ2) is 6.16. The van der Waals surface area contributed by atoms with Crippen LogP contribution in [0.5, 0.6) is 0 Å². The third-order valence-electron chi connectivity index (χ3n) is 2.46. The fraction of sp³-hybridized carbons (Fsp3) is 0.0714. The molecule has 0 heterocycles. The zero-order chi connectivity index (χ0) is 13.0. The number of carbonyl (C=O) groups excluding carboxylic acids is 1. The van der Waals surface area contributed by atoms with Crippen LogP contribution in [-0.4, -0.2) is 5.91 Å². The van der Waals surface area contributed by atoms with Crippen molar-refractivity contribution < 1.29 is 4.79 Å². The van der Waals surface area contributed by atoms with Crippen LogP contribution in [0.15, 0.2) is 53.0 Å². The second-order valence-corrected chi connectivity index (χ2v) is 5.18. The molecule has 0 bridgehead atoms. The van der Waals surface area contributed by atoms with Crippen LogP contribution in [-0.2, 0) is 5.33 Å². The summed E-state index contributed by atoms with van der Waals surface area (Å²) in [5.74, 6) is -0.116. The van der Waals surface area contributed by atoms with Crippen LogP contribution in [0.4, 0.5) is 5.69 Å². The number of carbonyl (C=O) groups is 1. The minimum absolute atomic E-state index is 0.116. The van der Waals surface area contributed by atoms with Gasteiger partial charge in [0.25, 0.3) is 5.91 Å². The zero-order valence-electron chi connectivity index (χ0n) is 9.49. The molecule has 0 aliphatic heterocycles. The zero-order valence-corrected chi connectivity index (χ0v) is 12.7. The van der Waals surface area contributed by atoms with Crippen LogP contribution in [0.2, 0.25) is 0 Å². The number of hydrogen-bond donors (Lipinski definition) is 1. The summed E-state index contributed by atoms with van der Waals surface area (Å²) >= 11 is 6.76. The molecule has 2 rings (SSSR count). The van der Waals surface area contributed by atoms with Gasteiger partial charge in [-0.1, -0.05) is 40.2 Å². The Labute approximate surface area is 123 Å². The third kappa shape index (κ3) is 3.21. The summed E-state index contributed by atoms with van der Waals surface area (Å²) in [5.41, 5.74) is 2.55. The van der Waals surface area contributed by atoms with E-state index in [1.807, 2.05) is 42.5 Å². The van der Waals surface area contributed by atoms with Crippen molar-refractivity contribution in [2.45, 2.75) is 5.33 Å². The molecular formula is C14H11Br2NO. The Morgan fingerprint density at radius 3 is 2.61 bits per heavy atom. The van der Waals surface area contributed by atoms with Gasteiger partial charge in [-0.3, -0.25) is 4.79 Å². The van der Waals surface area contributed by atoms with Gasteiger partial charge >= 0.3 is 0 Å². The Balaban J connectivity index is 2.19. The van der Waals surface area contributed by atoms with Crippen molar-refractivity contribution >= 4 is 43.5 Å². The van der Waals surface area contributed by atoms with E-state index in [-0.39, 0.29) is 5.91 Å². The van der Waals surface area contributed by atoms with Crippen LogP contribution < -0.4 is 5.32 Å². The van der Waals surface area contributed by atoms with E-state index < -0.39 is 0 Å². The summed E-state index contributed by atoms with van der Waals surface area (Å²) in [5, 5.41) is 3.65. The number of alkyl halides is 1. The molecule has 0 aliphatic carbocycles. The van der Waals surface area contributed by atoms with Gasteiger partial charge in [0.1, 0.15) is 0 Å². The Morgan fingerprint density at radius 1 is 1.11 bits per heavy atom. The molecule has 0 fully saturated rings. The quantitative estimate of drug-likeness (QED) is 0.788. The lowest BCUT2D eigenvalue weighted by molar-refractivity contribution is 0.102. The topological polar surface area (TPSA) is 29.1 Å². The predicted molar refractivity (Wildman–Crippen MR) is 81.2 cm³/mol. The van der Waals surface area contributed by atoms with Crippen LogP contribution in [0.3, 0.4) is 0 Å². The molecule has 0 radical (unpaired) electrons. The van der Waals surface area contributed by atoms with Crippen molar-refractivity contribution in [2.24, 2.45) is 0 Å². The molecule has 2 aromatic carbocycles. The number of nitrogens with one attached hydrogen (secondary N) is 1. The molecule has 0 spiro atoms. The van der Waals surface area contributed by atoms with Gasteiger partial charge in [0.2, 0.25) is 0 Å².